The van der Waals surface area contributed by atoms with Crippen LogP contribution in [0.5, 0.6) is 0 Å². The standard InChI is InChI=1S/C18H30BrN/c1-3-5-6-7-8-12-18(20-13-4-2)15-16-10-9-11-17(19)14-16/h9-11,14,18,20H,3-8,12-13,15H2,1-2H3. The number of nitrogens with one attached hydrogen (secondary N) is 1. The van der Waals surface area contributed by atoms with Gasteiger partial charge in [0, 0.05) is 10.5 Å². The summed E-state index contributed by atoms with van der Waals surface area (Å²) in [5, 5.41) is 3.71. The van der Waals surface area contributed by atoms with Crippen LogP contribution in [0.15, 0.2) is 28.7 Å². The van der Waals surface area contributed by atoms with Crippen LogP contribution in [0.4, 0.5) is 0 Å². The molecule has 0 fully saturated rings. The summed E-state index contributed by atoms with van der Waals surface area (Å²) in [6.07, 6.45) is 10.5. The molecule has 0 aliphatic heterocycles. The molecular weight excluding hydrogens is 310 g/mol. The van der Waals surface area contributed by atoms with Crippen molar-refractivity contribution in [1.29, 1.82) is 0 Å². The van der Waals surface area contributed by atoms with Gasteiger partial charge in [-0.25, -0.2) is 0 Å². The van der Waals surface area contributed by atoms with Gasteiger partial charge in [0.1, 0.15) is 0 Å². The molecule has 0 radical (unpaired) electrons. The first-order chi connectivity index (χ1) is 9.76. The molecular formula is C18H30BrN. The van der Waals surface area contributed by atoms with Crippen molar-refractivity contribution in [2.24, 2.45) is 0 Å². The van der Waals surface area contributed by atoms with Crippen molar-refractivity contribution >= 4 is 15.9 Å². The van der Waals surface area contributed by atoms with Crippen molar-refractivity contribution < 1.29 is 0 Å². The van der Waals surface area contributed by atoms with Gasteiger partial charge in [0.2, 0.25) is 0 Å². The van der Waals surface area contributed by atoms with Gasteiger partial charge in [0.05, 0.1) is 0 Å². The fourth-order valence-corrected chi connectivity index (χ4v) is 3.01. The van der Waals surface area contributed by atoms with Crippen LogP contribution >= 0.6 is 15.9 Å². The second-order valence-corrected chi connectivity index (χ2v) is 6.60. The quantitative estimate of drug-likeness (QED) is 0.508. The Bertz CT molecular complexity index is 351. The Morgan fingerprint density at radius 2 is 1.85 bits per heavy atom. The summed E-state index contributed by atoms with van der Waals surface area (Å²) in [6, 6.07) is 9.35. The van der Waals surface area contributed by atoms with Crippen LogP contribution < -0.4 is 5.32 Å². The van der Waals surface area contributed by atoms with Gasteiger partial charge in [0.25, 0.3) is 0 Å². The zero-order chi connectivity index (χ0) is 14.6. The van der Waals surface area contributed by atoms with E-state index in [9.17, 15) is 0 Å². The number of halogens is 1. The average molecular weight is 340 g/mol. The van der Waals surface area contributed by atoms with E-state index >= 15 is 0 Å². The summed E-state index contributed by atoms with van der Waals surface area (Å²) in [4.78, 5) is 0. The maximum atomic E-state index is 3.71. The molecule has 20 heavy (non-hydrogen) atoms. The van der Waals surface area contributed by atoms with Crippen molar-refractivity contribution in [2.45, 2.75) is 71.3 Å². The highest BCUT2D eigenvalue weighted by Gasteiger charge is 2.08. The highest BCUT2D eigenvalue weighted by molar-refractivity contribution is 9.10. The molecule has 0 saturated heterocycles. The van der Waals surface area contributed by atoms with E-state index in [2.05, 4.69) is 59.4 Å². The molecule has 0 amide bonds. The Morgan fingerprint density at radius 1 is 1.05 bits per heavy atom. The van der Waals surface area contributed by atoms with Crippen LogP contribution in [-0.4, -0.2) is 12.6 Å². The lowest BCUT2D eigenvalue weighted by Crippen LogP contribution is -2.31. The zero-order valence-electron chi connectivity index (χ0n) is 13.1. The normalized spacial score (nSPS) is 12.6. The molecule has 1 unspecified atom stereocenters. The van der Waals surface area contributed by atoms with E-state index in [0.29, 0.717) is 6.04 Å². The van der Waals surface area contributed by atoms with Gasteiger partial charge < -0.3 is 5.32 Å². The fraction of sp³-hybridized carbons (Fsp3) is 0.667. The van der Waals surface area contributed by atoms with Crippen LogP contribution in [0.2, 0.25) is 0 Å². The van der Waals surface area contributed by atoms with Crippen molar-refractivity contribution in [3.8, 4) is 0 Å². The first kappa shape index (κ1) is 17.7. The molecule has 1 N–H and O–H groups in total. The molecule has 1 atom stereocenters. The van der Waals surface area contributed by atoms with E-state index in [4.69, 9.17) is 0 Å². The van der Waals surface area contributed by atoms with Gasteiger partial charge >= 0.3 is 0 Å². The number of hydrogen-bond acceptors (Lipinski definition) is 1. The Kier molecular flexibility index (Phi) is 10.0. The third kappa shape index (κ3) is 8.06. The second-order valence-electron chi connectivity index (χ2n) is 5.69. The predicted octanol–water partition coefficient (Wildman–Crippen LogP) is 5.72. The first-order valence-corrected chi connectivity index (χ1v) is 9.03. The Hall–Kier alpha value is -0.340. The van der Waals surface area contributed by atoms with E-state index in [1.807, 2.05) is 0 Å². The van der Waals surface area contributed by atoms with Crippen LogP contribution in [0.3, 0.4) is 0 Å². The van der Waals surface area contributed by atoms with Gasteiger partial charge in [-0.15, -0.1) is 0 Å². The summed E-state index contributed by atoms with van der Waals surface area (Å²) < 4.78 is 1.19. The highest BCUT2D eigenvalue weighted by Crippen LogP contribution is 2.15. The van der Waals surface area contributed by atoms with Crippen LogP contribution in [0, 0.1) is 0 Å². The molecule has 1 aromatic rings. The van der Waals surface area contributed by atoms with Gasteiger partial charge in [-0.1, -0.05) is 74.0 Å². The summed E-state index contributed by atoms with van der Waals surface area (Å²) in [7, 11) is 0. The van der Waals surface area contributed by atoms with E-state index < -0.39 is 0 Å². The molecule has 1 rings (SSSR count). The minimum atomic E-state index is 0.630. The molecule has 0 heterocycles. The average Bonchev–Trinajstić information content (AvgIpc) is 2.44. The van der Waals surface area contributed by atoms with Crippen molar-refractivity contribution in [2.75, 3.05) is 6.54 Å². The minimum absolute atomic E-state index is 0.630. The summed E-state index contributed by atoms with van der Waals surface area (Å²) in [5.74, 6) is 0. The second kappa shape index (κ2) is 11.3. The molecule has 1 aromatic carbocycles. The van der Waals surface area contributed by atoms with Gasteiger partial charge in [-0.3, -0.25) is 0 Å². The summed E-state index contributed by atoms with van der Waals surface area (Å²) in [5.41, 5.74) is 1.43. The lowest BCUT2D eigenvalue weighted by atomic mass is 9.99. The third-order valence-electron chi connectivity index (χ3n) is 3.71. The largest absolute Gasteiger partial charge is 0.314 e. The Morgan fingerprint density at radius 3 is 2.55 bits per heavy atom. The molecule has 0 bridgehead atoms. The van der Waals surface area contributed by atoms with Crippen LogP contribution in [0.1, 0.15) is 64.4 Å². The summed E-state index contributed by atoms with van der Waals surface area (Å²) in [6.45, 7) is 5.65. The number of unbranched alkanes of at least 4 members (excludes halogenated alkanes) is 4. The summed E-state index contributed by atoms with van der Waals surface area (Å²) >= 11 is 3.57. The molecule has 0 spiro atoms. The predicted molar refractivity (Wildman–Crippen MR) is 93.3 cm³/mol. The monoisotopic (exact) mass is 339 g/mol. The van der Waals surface area contributed by atoms with Crippen LogP contribution in [0.25, 0.3) is 0 Å². The molecule has 0 aliphatic carbocycles. The van der Waals surface area contributed by atoms with Gasteiger partial charge in [-0.2, -0.15) is 0 Å². The number of rotatable bonds is 11. The lowest BCUT2D eigenvalue weighted by Gasteiger charge is -2.19. The topological polar surface area (TPSA) is 12.0 Å². The SMILES string of the molecule is CCCCCCCC(Cc1cccc(Br)c1)NCCC. The maximum absolute atomic E-state index is 3.71. The minimum Gasteiger partial charge on any atom is -0.314 e. The fourth-order valence-electron chi connectivity index (χ4n) is 2.57. The molecule has 0 saturated carbocycles. The van der Waals surface area contributed by atoms with Crippen molar-refractivity contribution in [1.82, 2.24) is 5.32 Å². The first-order valence-electron chi connectivity index (χ1n) is 8.24. The molecule has 2 heteroatoms. The highest BCUT2D eigenvalue weighted by atomic mass is 79.9. The molecule has 114 valence electrons. The number of benzene rings is 1. The van der Waals surface area contributed by atoms with Gasteiger partial charge in [-0.05, 0) is 43.5 Å². The smallest absolute Gasteiger partial charge is 0.0178 e. The Labute approximate surface area is 133 Å². The van der Waals surface area contributed by atoms with Crippen molar-refractivity contribution in [3.05, 3.63) is 34.3 Å². The zero-order valence-corrected chi connectivity index (χ0v) is 14.7. The molecule has 0 aliphatic rings. The molecule has 1 nitrogen and oxygen atoms in total. The van der Waals surface area contributed by atoms with Crippen LogP contribution in [-0.2, 0) is 6.42 Å². The van der Waals surface area contributed by atoms with E-state index in [1.165, 1.54) is 55.0 Å². The van der Waals surface area contributed by atoms with E-state index in [0.717, 1.165) is 13.0 Å². The molecule has 0 aromatic heterocycles. The lowest BCUT2D eigenvalue weighted by molar-refractivity contribution is 0.451. The number of hydrogen-bond donors (Lipinski definition) is 1. The third-order valence-corrected chi connectivity index (χ3v) is 4.20. The van der Waals surface area contributed by atoms with E-state index in [-0.39, 0.29) is 0 Å². The van der Waals surface area contributed by atoms with E-state index in [1.54, 1.807) is 0 Å². The maximum Gasteiger partial charge on any atom is 0.0178 e. The Balaban J connectivity index is 2.38. The van der Waals surface area contributed by atoms with Crippen molar-refractivity contribution in [3.63, 3.8) is 0 Å². The van der Waals surface area contributed by atoms with Gasteiger partial charge in [0.15, 0.2) is 0 Å².